The number of carbonyl (C=O) groups is 1. The van der Waals surface area contributed by atoms with Crippen LogP contribution in [0, 0.1) is 17.1 Å². The lowest BCUT2D eigenvalue weighted by Crippen LogP contribution is -2.48. The van der Waals surface area contributed by atoms with Crippen LogP contribution >= 0.6 is 0 Å². The van der Waals surface area contributed by atoms with Gasteiger partial charge < -0.3 is 10.1 Å². The fourth-order valence-corrected chi connectivity index (χ4v) is 2.18. The molecule has 0 unspecified atom stereocenters. The Labute approximate surface area is 116 Å². The maximum absolute atomic E-state index is 13.3. The molecule has 0 spiro atoms. The second-order valence-electron chi connectivity index (χ2n) is 4.63. The van der Waals surface area contributed by atoms with Gasteiger partial charge in [-0.3, -0.25) is 9.69 Å². The van der Waals surface area contributed by atoms with Crippen molar-refractivity contribution in [3.8, 4) is 6.07 Å². The molecule has 1 N–H and O–H groups in total. The number of nitrogens with one attached hydrogen (secondary N) is 1. The Morgan fingerprint density at radius 2 is 2.45 bits per heavy atom. The van der Waals surface area contributed by atoms with Crippen LogP contribution in [0.15, 0.2) is 18.2 Å². The average molecular weight is 277 g/mol. The summed E-state index contributed by atoms with van der Waals surface area (Å²) >= 11 is 0. The third-order valence-electron chi connectivity index (χ3n) is 3.25. The molecule has 1 aliphatic heterocycles. The molecule has 1 atom stereocenters. The van der Waals surface area contributed by atoms with Crippen LogP contribution in [0.5, 0.6) is 0 Å². The molecule has 1 aliphatic rings. The van der Waals surface area contributed by atoms with E-state index in [0.29, 0.717) is 26.2 Å². The van der Waals surface area contributed by atoms with E-state index < -0.39 is 11.9 Å². The zero-order valence-electron chi connectivity index (χ0n) is 11.2. The topological polar surface area (TPSA) is 65.4 Å². The van der Waals surface area contributed by atoms with Crippen LogP contribution < -0.4 is 5.32 Å². The number of nitrogens with zero attached hydrogens (tertiary/aromatic N) is 2. The molecule has 1 aromatic carbocycles. The normalized spacial score (nSPS) is 19.4. The molecular weight excluding hydrogens is 261 g/mol. The molecule has 1 saturated heterocycles. The number of carbonyl (C=O) groups excluding carboxylic acids is 1. The average Bonchev–Trinajstić information content (AvgIpc) is 2.48. The van der Waals surface area contributed by atoms with Crippen LogP contribution in [-0.2, 0) is 16.1 Å². The Morgan fingerprint density at radius 1 is 1.65 bits per heavy atom. The molecule has 0 aliphatic carbocycles. The standard InChI is InChI=1S/C14H16FN3O2/c1-17-14(19)13-9-18(4-5-20-13)8-10-2-3-12(15)11(6-10)7-16/h2-3,6,13H,4-5,8-9H2,1H3,(H,17,19)/t13-/m0/s1. The van der Waals surface area contributed by atoms with Gasteiger partial charge in [-0.05, 0) is 17.7 Å². The van der Waals surface area contributed by atoms with Gasteiger partial charge in [0.25, 0.3) is 0 Å². The molecule has 1 heterocycles. The number of rotatable bonds is 3. The Hall–Kier alpha value is -1.97. The minimum absolute atomic E-state index is 0.0404. The molecule has 1 amide bonds. The number of benzene rings is 1. The Balaban J connectivity index is 2.03. The molecule has 0 saturated carbocycles. The Kier molecular flexibility index (Phi) is 4.66. The molecule has 0 bridgehead atoms. The van der Waals surface area contributed by atoms with E-state index in [1.54, 1.807) is 19.2 Å². The summed E-state index contributed by atoms with van der Waals surface area (Å²) in [5, 5.41) is 11.4. The second kappa shape index (κ2) is 6.46. The van der Waals surface area contributed by atoms with Crippen molar-refractivity contribution in [2.75, 3.05) is 26.7 Å². The lowest BCUT2D eigenvalue weighted by molar-refractivity contribution is -0.138. The van der Waals surface area contributed by atoms with Crippen LogP contribution in [0.4, 0.5) is 4.39 Å². The first-order chi connectivity index (χ1) is 9.63. The lowest BCUT2D eigenvalue weighted by atomic mass is 10.1. The quantitative estimate of drug-likeness (QED) is 0.880. The molecule has 1 fully saturated rings. The molecular formula is C14H16FN3O2. The third kappa shape index (κ3) is 3.32. The number of nitriles is 1. The summed E-state index contributed by atoms with van der Waals surface area (Å²) in [4.78, 5) is 13.6. The lowest BCUT2D eigenvalue weighted by Gasteiger charge is -2.31. The number of morpholine rings is 1. The number of hydrogen-bond donors (Lipinski definition) is 1. The first-order valence-corrected chi connectivity index (χ1v) is 6.38. The number of ether oxygens (including phenoxy) is 1. The highest BCUT2D eigenvalue weighted by Gasteiger charge is 2.25. The first-order valence-electron chi connectivity index (χ1n) is 6.38. The van der Waals surface area contributed by atoms with Crippen LogP contribution in [0.25, 0.3) is 0 Å². The largest absolute Gasteiger partial charge is 0.366 e. The smallest absolute Gasteiger partial charge is 0.250 e. The van der Waals surface area contributed by atoms with E-state index >= 15 is 0 Å². The van der Waals surface area contributed by atoms with Crippen molar-refractivity contribution >= 4 is 5.91 Å². The number of halogens is 1. The van der Waals surface area contributed by atoms with Gasteiger partial charge in [-0.25, -0.2) is 4.39 Å². The molecule has 20 heavy (non-hydrogen) atoms. The highest BCUT2D eigenvalue weighted by Crippen LogP contribution is 2.14. The van der Waals surface area contributed by atoms with Gasteiger partial charge in [0.2, 0.25) is 5.91 Å². The number of amides is 1. The van der Waals surface area contributed by atoms with Crippen molar-refractivity contribution < 1.29 is 13.9 Å². The van der Waals surface area contributed by atoms with Crippen LogP contribution in [0.3, 0.4) is 0 Å². The SMILES string of the molecule is CNC(=O)[C@@H]1CN(Cc2ccc(F)c(C#N)c2)CCO1. The van der Waals surface area contributed by atoms with Gasteiger partial charge in [-0.15, -0.1) is 0 Å². The van der Waals surface area contributed by atoms with E-state index in [1.165, 1.54) is 6.07 Å². The van der Waals surface area contributed by atoms with Gasteiger partial charge in [0.05, 0.1) is 12.2 Å². The van der Waals surface area contributed by atoms with Gasteiger partial charge in [-0.2, -0.15) is 5.26 Å². The summed E-state index contributed by atoms with van der Waals surface area (Å²) in [5.41, 5.74) is 0.888. The fraction of sp³-hybridized carbons (Fsp3) is 0.429. The van der Waals surface area contributed by atoms with Crippen LogP contribution in [0.2, 0.25) is 0 Å². The molecule has 1 aromatic rings. The predicted molar refractivity (Wildman–Crippen MR) is 70.2 cm³/mol. The van der Waals surface area contributed by atoms with E-state index in [0.717, 1.165) is 5.56 Å². The highest BCUT2D eigenvalue weighted by atomic mass is 19.1. The van der Waals surface area contributed by atoms with Crippen molar-refractivity contribution in [1.29, 1.82) is 5.26 Å². The maximum Gasteiger partial charge on any atom is 0.250 e. The summed E-state index contributed by atoms with van der Waals surface area (Å²) in [5.74, 6) is -0.659. The van der Waals surface area contributed by atoms with Crippen molar-refractivity contribution in [3.05, 3.63) is 35.1 Å². The molecule has 0 radical (unpaired) electrons. The zero-order valence-corrected chi connectivity index (χ0v) is 11.2. The number of hydrogen-bond acceptors (Lipinski definition) is 4. The van der Waals surface area contributed by atoms with Crippen molar-refractivity contribution in [1.82, 2.24) is 10.2 Å². The fourth-order valence-electron chi connectivity index (χ4n) is 2.18. The number of likely N-dealkylation sites (N-methyl/N-ethyl adjacent to an activating group) is 1. The van der Waals surface area contributed by atoms with Gasteiger partial charge >= 0.3 is 0 Å². The highest BCUT2D eigenvalue weighted by molar-refractivity contribution is 5.80. The minimum atomic E-state index is -0.513. The predicted octanol–water partition coefficient (Wildman–Crippen LogP) is 0.644. The Morgan fingerprint density at radius 3 is 3.15 bits per heavy atom. The van der Waals surface area contributed by atoms with Crippen LogP contribution in [-0.4, -0.2) is 43.7 Å². The summed E-state index contributed by atoms with van der Waals surface area (Å²) in [6, 6.07) is 6.32. The van der Waals surface area contributed by atoms with Crippen molar-refractivity contribution in [2.24, 2.45) is 0 Å². The molecule has 5 nitrogen and oxygen atoms in total. The Bertz CT molecular complexity index is 542. The summed E-state index contributed by atoms with van der Waals surface area (Å²) in [6.45, 7) is 2.22. The summed E-state index contributed by atoms with van der Waals surface area (Å²) < 4.78 is 18.6. The molecule has 6 heteroatoms. The zero-order chi connectivity index (χ0) is 14.5. The van der Waals surface area contributed by atoms with E-state index in [4.69, 9.17) is 10.00 Å². The summed E-state index contributed by atoms with van der Waals surface area (Å²) in [7, 11) is 1.57. The molecule has 2 rings (SSSR count). The summed E-state index contributed by atoms with van der Waals surface area (Å²) in [6.07, 6.45) is -0.482. The van der Waals surface area contributed by atoms with Crippen LogP contribution in [0.1, 0.15) is 11.1 Å². The molecule has 0 aromatic heterocycles. The first kappa shape index (κ1) is 14.4. The van der Waals surface area contributed by atoms with E-state index in [2.05, 4.69) is 10.2 Å². The van der Waals surface area contributed by atoms with Gasteiger partial charge in [0.1, 0.15) is 18.0 Å². The third-order valence-corrected chi connectivity index (χ3v) is 3.25. The molecule has 106 valence electrons. The van der Waals surface area contributed by atoms with Gasteiger partial charge in [0.15, 0.2) is 0 Å². The van der Waals surface area contributed by atoms with Gasteiger partial charge in [0, 0.05) is 26.7 Å². The van der Waals surface area contributed by atoms with Gasteiger partial charge in [-0.1, -0.05) is 6.07 Å². The van der Waals surface area contributed by atoms with E-state index in [9.17, 15) is 9.18 Å². The minimum Gasteiger partial charge on any atom is -0.366 e. The maximum atomic E-state index is 13.3. The second-order valence-corrected chi connectivity index (χ2v) is 4.63. The van der Waals surface area contributed by atoms with Crippen molar-refractivity contribution in [3.63, 3.8) is 0 Å². The van der Waals surface area contributed by atoms with E-state index in [1.807, 2.05) is 6.07 Å². The van der Waals surface area contributed by atoms with E-state index in [-0.39, 0.29) is 11.5 Å². The van der Waals surface area contributed by atoms with Crippen molar-refractivity contribution in [2.45, 2.75) is 12.6 Å². The monoisotopic (exact) mass is 277 g/mol.